The number of benzene rings is 1. The smallest absolute Gasteiger partial charge is 0.272 e. The SMILES string of the molecule is CCSc1nnc(NC(=O)CSc2nc3c(c(=O)n2-c2cccc(OC)c2)SCC3)s1. The molecule has 0 saturated heterocycles. The number of carbonyl (C=O) groups is 1. The summed E-state index contributed by atoms with van der Waals surface area (Å²) in [6.45, 7) is 2.03. The quantitative estimate of drug-likeness (QED) is 0.287. The Bertz CT molecular complexity index is 1160. The maximum Gasteiger partial charge on any atom is 0.272 e. The highest BCUT2D eigenvalue weighted by Gasteiger charge is 2.23. The van der Waals surface area contributed by atoms with Gasteiger partial charge < -0.3 is 4.74 Å². The summed E-state index contributed by atoms with van der Waals surface area (Å²) in [4.78, 5) is 31.1. The molecule has 12 heteroatoms. The Morgan fingerprint density at radius 2 is 2.19 bits per heavy atom. The summed E-state index contributed by atoms with van der Waals surface area (Å²) in [7, 11) is 1.58. The van der Waals surface area contributed by atoms with Crippen molar-refractivity contribution in [2.75, 3.05) is 29.7 Å². The van der Waals surface area contributed by atoms with Crippen LogP contribution in [0.5, 0.6) is 5.75 Å². The van der Waals surface area contributed by atoms with Crippen molar-refractivity contribution in [3.05, 3.63) is 40.3 Å². The van der Waals surface area contributed by atoms with Gasteiger partial charge in [0.15, 0.2) is 9.50 Å². The molecule has 3 heterocycles. The molecule has 0 radical (unpaired) electrons. The minimum absolute atomic E-state index is 0.0954. The van der Waals surface area contributed by atoms with Crippen molar-refractivity contribution in [1.29, 1.82) is 0 Å². The highest BCUT2D eigenvalue weighted by atomic mass is 32.2. The summed E-state index contributed by atoms with van der Waals surface area (Å²) in [5.74, 6) is 2.24. The lowest BCUT2D eigenvalue weighted by atomic mass is 10.3. The number of fused-ring (bicyclic) bond motifs is 1. The molecule has 8 nitrogen and oxygen atoms in total. The van der Waals surface area contributed by atoms with Crippen LogP contribution in [0.4, 0.5) is 5.13 Å². The number of carbonyl (C=O) groups excluding carboxylic acids is 1. The number of thioether (sulfide) groups is 3. The second kappa shape index (κ2) is 10.1. The monoisotopic (exact) mass is 493 g/mol. The summed E-state index contributed by atoms with van der Waals surface area (Å²) >= 11 is 5.66. The van der Waals surface area contributed by atoms with Crippen molar-refractivity contribution in [1.82, 2.24) is 19.7 Å². The third-order valence-electron chi connectivity index (χ3n) is 4.23. The van der Waals surface area contributed by atoms with E-state index >= 15 is 0 Å². The first kappa shape index (κ1) is 22.2. The zero-order valence-electron chi connectivity index (χ0n) is 16.8. The first-order valence-corrected chi connectivity index (χ1v) is 13.2. The van der Waals surface area contributed by atoms with E-state index in [1.54, 1.807) is 29.5 Å². The molecule has 162 valence electrons. The van der Waals surface area contributed by atoms with Crippen molar-refractivity contribution >= 4 is 57.7 Å². The number of amides is 1. The van der Waals surface area contributed by atoms with Gasteiger partial charge in [0.1, 0.15) is 5.75 Å². The molecule has 0 spiro atoms. The number of aromatic nitrogens is 4. The zero-order chi connectivity index (χ0) is 21.8. The summed E-state index contributed by atoms with van der Waals surface area (Å²) < 4.78 is 7.68. The standard InChI is InChI=1S/C19H19N5O3S4/c1-3-28-19-23-22-17(31-19)21-14(25)10-30-18-20-13-7-8-29-15(13)16(26)24(18)11-5-4-6-12(9-11)27-2/h4-6,9H,3,7-8,10H2,1-2H3,(H,21,22,25). The van der Waals surface area contributed by atoms with Gasteiger partial charge in [-0.3, -0.25) is 19.5 Å². The summed E-state index contributed by atoms with van der Waals surface area (Å²) in [6.07, 6.45) is 0.747. The van der Waals surface area contributed by atoms with E-state index in [2.05, 4.69) is 15.5 Å². The average Bonchev–Trinajstić information content (AvgIpc) is 3.42. The molecular weight excluding hydrogens is 475 g/mol. The van der Waals surface area contributed by atoms with Crippen molar-refractivity contribution < 1.29 is 9.53 Å². The number of hydrogen-bond donors (Lipinski definition) is 1. The van der Waals surface area contributed by atoms with Crippen LogP contribution >= 0.6 is 46.6 Å². The number of ether oxygens (including phenoxy) is 1. The predicted octanol–water partition coefficient (Wildman–Crippen LogP) is 3.58. The molecule has 1 N–H and O–H groups in total. The zero-order valence-corrected chi connectivity index (χ0v) is 20.1. The average molecular weight is 494 g/mol. The highest BCUT2D eigenvalue weighted by molar-refractivity contribution is 8.01. The van der Waals surface area contributed by atoms with Crippen molar-refractivity contribution in [2.45, 2.75) is 27.7 Å². The second-order valence-electron chi connectivity index (χ2n) is 6.25. The Morgan fingerprint density at radius 1 is 1.32 bits per heavy atom. The third kappa shape index (κ3) is 5.08. The molecule has 3 aromatic rings. The normalized spacial score (nSPS) is 12.6. The molecule has 0 saturated carbocycles. The molecule has 0 bridgehead atoms. The maximum atomic E-state index is 13.2. The minimum Gasteiger partial charge on any atom is -0.497 e. The van der Waals surface area contributed by atoms with Gasteiger partial charge in [-0.1, -0.05) is 47.9 Å². The van der Waals surface area contributed by atoms with Crippen LogP contribution in [-0.2, 0) is 11.2 Å². The van der Waals surface area contributed by atoms with Crippen LogP contribution in [0.15, 0.2) is 43.5 Å². The number of nitrogens with one attached hydrogen (secondary N) is 1. The Hall–Kier alpha value is -2.02. The molecule has 1 aliphatic heterocycles. The third-order valence-corrected chi connectivity index (χ3v) is 8.13. The van der Waals surface area contributed by atoms with E-state index in [4.69, 9.17) is 9.72 Å². The van der Waals surface area contributed by atoms with Gasteiger partial charge in [0.05, 0.1) is 29.1 Å². The van der Waals surface area contributed by atoms with Crippen molar-refractivity contribution in [2.24, 2.45) is 0 Å². The highest BCUT2D eigenvalue weighted by Crippen LogP contribution is 2.31. The van der Waals surface area contributed by atoms with E-state index < -0.39 is 0 Å². The maximum absolute atomic E-state index is 13.2. The van der Waals surface area contributed by atoms with Crippen LogP contribution in [0.1, 0.15) is 12.6 Å². The summed E-state index contributed by atoms with van der Waals surface area (Å²) in [5.41, 5.74) is 1.33. The lowest BCUT2D eigenvalue weighted by Gasteiger charge is -2.14. The lowest BCUT2D eigenvalue weighted by molar-refractivity contribution is -0.113. The van der Waals surface area contributed by atoms with Crippen LogP contribution in [0, 0.1) is 0 Å². The number of hydrogen-bond acceptors (Lipinski definition) is 10. The van der Waals surface area contributed by atoms with E-state index in [9.17, 15) is 9.59 Å². The first-order chi connectivity index (χ1) is 15.1. The fourth-order valence-corrected chi connectivity index (χ4v) is 6.41. The van der Waals surface area contributed by atoms with E-state index in [0.29, 0.717) is 26.6 Å². The van der Waals surface area contributed by atoms with Crippen molar-refractivity contribution in [3.8, 4) is 11.4 Å². The molecule has 0 aliphatic carbocycles. The molecule has 1 amide bonds. The van der Waals surface area contributed by atoms with Crippen LogP contribution in [-0.4, -0.2) is 50.0 Å². The largest absolute Gasteiger partial charge is 0.497 e. The predicted molar refractivity (Wildman–Crippen MR) is 126 cm³/mol. The Morgan fingerprint density at radius 3 is 3.00 bits per heavy atom. The van der Waals surface area contributed by atoms with E-state index in [1.807, 2.05) is 25.1 Å². The Labute approximate surface area is 195 Å². The molecule has 1 aromatic carbocycles. The van der Waals surface area contributed by atoms with Gasteiger partial charge in [-0.15, -0.1) is 22.0 Å². The van der Waals surface area contributed by atoms with Gasteiger partial charge in [-0.05, 0) is 17.9 Å². The number of nitrogens with zero attached hydrogens (tertiary/aromatic N) is 4. The Kier molecular flexibility index (Phi) is 7.20. The van der Waals surface area contributed by atoms with Gasteiger partial charge in [-0.2, -0.15) is 0 Å². The van der Waals surface area contributed by atoms with Crippen LogP contribution < -0.4 is 15.6 Å². The number of rotatable bonds is 8. The fourth-order valence-electron chi connectivity index (χ4n) is 2.89. The molecule has 0 fully saturated rings. The van der Waals surface area contributed by atoms with Gasteiger partial charge in [-0.25, -0.2) is 4.98 Å². The molecule has 31 heavy (non-hydrogen) atoms. The molecule has 1 aliphatic rings. The first-order valence-electron chi connectivity index (χ1n) is 9.41. The number of anilines is 1. The van der Waals surface area contributed by atoms with Crippen LogP contribution in [0.3, 0.4) is 0 Å². The molecule has 0 atom stereocenters. The van der Waals surface area contributed by atoms with E-state index in [1.165, 1.54) is 34.9 Å². The molecule has 0 unspecified atom stereocenters. The van der Waals surface area contributed by atoms with Crippen molar-refractivity contribution in [3.63, 3.8) is 0 Å². The van der Waals surface area contributed by atoms with E-state index in [0.717, 1.165) is 28.0 Å². The van der Waals surface area contributed by atoms with Crippen LogP contribution in [0.25, 0.3) is 5.69 Å². The molecular formula is C19H19N5O3S4. The lowest BCUT2D eigenvalue weighted by Crippen LogP contribution is -2.24. The summed E-state index contributed by atoms with van der Waals surface area (Å²) in [6, 6.07) is 7.25. The van der Waals surface area contributed by atoms with Gasteiger partial charge in [0.2, 0.25) is 11.0 Å². The second-order valence-corrected chi connectivity index (χ2v) is 10.8. The van der Waals surface area contributed by atoms with Crippen LogP contribution in [0.2, 0.25) is 0 Å². The topological polar surface area (TPSA) is 99.0 Å². The Balaban J connectivity index is 1.57. The van der Waals surface area contributed by atoms with Gasteiger partial charge >= 0.3 is 0 Å². The molecule has 2 aromatic heterocycles. The number of aryl methyl sites for hydroxylation is 1. The van der Waals surface area contributed by atoms with E-state index in [-0.39, 0.29) is 17.2 Å². The minimum atomic E-state index is -0.226. The number of methoxy groups -OCH3 is 1. The van der Waals surface area contributed by atoms with Gasteiger partial charge in [0.25, 0.3) is 5.56 Å². The molecule has 4 rings (SSSR count). The van der Waals surface area contributed by atoms with Gasteiger partial charge in [0, 0.05) is 18.2 Å². The summed E-state index contributed by atoms with van der Waals surface area (Å²) in [5, 5.41) is 11.7. The fraction of sp³-hybridized carbons (Fsp3) is 0.316.